The standard InChI is InChI=1S/C16H20O2S2/c1-10-11(2)20-15(9-19-10)16(17)12-4-3-5-14(8-12)18-13-6-7-13/h3-5,8,10-11,13,15H,6-7,9H2,1-2H3. The first kappa shape index (κ1) is 14.3. The zero-order valence-electron chi connectivity index (χ0n) is 11.9. The monoisotopic (exact) mass is 308 g/mol. The molecule has 4 heteroatoms. The van der Waals surface area contributed by atoms with E-state index < -0.39 is 0 Å². The van der Waals surface area contributed by atoms with Crippen molar-refractivity contribution in [3.05, 3.63) is 29.8 Å². The fourth-order valence-electron chi connectivity index (χ4n) is 2.21. The first-order chi connectivity index (χ1) is 9.63. The Morgan fingerprint density at radius 1 is 1.25 bits per heavy atom. The molecule has 2 nitrogen and oxygen atoms in total. The van der Waals surface area contributed by atoms with Crippen LogP contribution in [0.15, 0.2) is 24.3 Å². The van der Waals surface area contributed by atoms with Crippen LogP contribution in [0.1, 0.15) is 37.0 Å². The lowest BCUT2D eigenvalue weighted by Crippen LogP contribution is -2.31. The van der Waals surface area contributed by atoms with E-state index in [4.69, 9.17) is 4.74 Å². The highest BCUT2D eigenvalue weighted by Gasteiger charge is 2.31. The van der Waals surface area contributed by atoms with Crippen LogP contribution < -0.4 is 4.74 Å². The van der Waals surface area contributed by atoms with Crippen LogP contribution in [0.2, 0.25) is 0 Å². The molecule has 3 rings (SSSR count). The number of benzene rings is 1. The predicted octanol–water partition coefficient (Wildman–Crippen LogP) is 4.04. The number of carbonyl (C=O) groups excluding carboxylic acids is 1. The third-order valence-electron chi connectivity index (χ3n) is 3.79. The summed E-state index contributed by atoms with van der Waals surface area (Å²) in [7, 11) is 0. The van der Waals surface area contributed by atoms with Crippen LogP contribution in [0.4, 0.5) is 0 Å². The van der Waals surface area contributed by atoms with Gasteiger partial charge in [-0.15, -0.1) is 11.8 Å². The first-order valence-electron chi connectivity index (χ1n) is 7.21. The zero-order chi connectivity index (χ0) is 14.1. The second kappa shape index (κ2) is 6.02. The average Bonchev–Trinajstić information content (AvgIpc) is 3.25. The van der Waals surface area contributed by atoms with Crippen molar-refractivity contribution < 1.29 is 9.53 Å². The van der Waals surface area contributed by atoms with Crippen LogP contribution in [0.25, 0.3) is 0 Å². The van der Waals surface area contributed by atoms with Crippen molar-refractivity contribution in [1.82, 2.24) is 0 Å². The van der Waals surface area contributed by atoms with Gasteiger partial charge in [-0.05, 0) is 25.0 Å². The number of thioether (sulfide) groups is 2. The third-order valence-corrected chi connectivity index (χ3v) is 7.18. The summed E-state index contributed by atoms with van der Waals surface area (Å²) < 4.78 is 5.78. The van der Waals surface area contributed by atoms with Crippen LogP contribution in [0, 0.1) is 0 Å². The van der Waals surface area contributed by atoms with Gasteiger partial charge in [-0.2, -0.15) is 11.8 Å². The van der Waals surface area contributed by atoms with Crippen LogP contribution in [-0.2, 0) is 0 Å². The van der Waals surface area contributed by atoms with Gasteiger partial charge in [-0.25, -0.2) is 0 Å². The molecule has 1 aromatic carbocycles. The topological polar surface area (TPSA) is 26.3 Å². The van der Waals surface area contributed by atoms with E-state index in [0.29, 0.717) is 16.6 Å². The van der Waals surface area contributed by atoms with Crippen molar-refractivity contribution in [1.29, 1.82) is 0 Å². The molecular formula is C16H20O2S2. The summed E-state index contributed by atoms with van der Waals surface area (Å²) in [6.45, 7) is 4.46. The molecule has 3 atom stereocenters. The van der Waals surface area contributed by atoms with Crippen LogP contribution in [-0.4, -0.2) is 33.4 Å². The number of ketones is 1. The van der Waals surface area contributed by atoms with Gasteiger partial charge >= 0.3 is 0 Å². The van der Waals surface area contributed by atoms with Gasteiger partial charge in [0.05, 0.1) is 11.4 Å². The van der Waals surface area contributed by atoms with E-state index in [1.165, 1.54) is 0 Å². The quantitative estimate of drug-likeness (QED) is 0.784. The molecule has 20 heavy (non-hydrogen) atoms. The van der Waals surface area contributed by atoms with Crippen molar-refractivity contribution >= 4 is 29.3 Å². The lowest BCUT2D eigenvalue weighted by molar-refractivity contribution is 0.0994. The highest BCUT2D eigenvalue weighted by atomic mass is 32.2. The predicted molar refractivity (Wildman–Crippen MR) is 87.2 cm³/mol. The van der Waals surface area contributed by atoms with Crippen LogP contribution in [0.5, 0.6) is 5.75 Å². The molecule has 0 aromatic heterocycles. The molecule has 3 unspecified atom stereocenters. The number of rotatable bonds is 4. The van der Waals surface area contributed by atoms with Crippen LogP contribution in [0.3, 0.4) is 0 Å². The molecule has 0 bridgehead atoms. The molecule has 0 N–H and O–H groups in total. The minimum absolute atomic E-state index is 0.0855. The SMILES string of the molecule is CC1SCC(C(=O)c2cccc(OC3CC3)c2)SC1C. The minimum atomic E-state index is 0.0855. The smallest absolute Gasteiger partial charge is 0.176 e. The molecule has 1 aromatic rings. The van der Waals surface area contributed by atoms with Gasteiger partial charge in [0.1, 0.15) is 5.75 Å². The second-order valence-corrected chi connectivity index (χ2v) is 8.57. The molecule has 1 aliphatic heterocycles. The van der Waals surface area contributed by atoms with E-state index in [0.717, 1.165) is 29.9 Å². The van der Waals surface area contributed by atoms with Crippen molar-refractivity contribution in [3.63, 3.8) is 0 Å². The van der Waals surface area contributed by atoms with Crippen molar-refractivity contribution in [2.75, 3.05) is 5.75 Å². The molecule has 108 valence electrons. The maximum atomic E-state index is 12.6. The molecule has 1 saturated carbocycles. The number of hydrogen-bond acceptors (Lipinski definition) is 4. The number of carbonyl (C=O) groups is 1. The molecule has 0 radical (unpaired) electrons. The minimum Gasteiger partial charge on any atom is -0.490 e. The summed E-state index contributed by atoms with van der Waals surface area (Å²) in [6.07, 6.45) is 2.66. The van der Waals surface area contributed by atoms with E-state index in [9.17, 15) is 4.79 Å². The molecule has 2 aliphatic rings. The molecule has 1 saturated heterocycles. The molecular weight excluding hydrogens is 288 g/mol. The second-order valence-electron chi connectivity index (χ2n) is 5.58. The summed E-state index contributed by atoms with van der Waals surface area (Å²) in [5.74, 6) is 2.01. The Kier molecular flexibility index (Phi) is 4.32. The maximum absolute atomic E-state index is 12.6. The van der Waals surface area contributed by atoms with E-state index in [2.05, 4.69) is 13.8 Å². The molecule has 2 fully saturated rings. The number of ether oxygens (including phenoxy) is 1. The Morgan fingerprint density at radius 2 is 2.05 bits per heavy atom. The Labute approximate surface area is 129 Å². The summed E-state index contributed by atoms with van der Waals surface area (Å²) >= 11 is 3.73. The summed E-state index contributed by atoms with van der Waals surface area (Å²) in [6, 6.07) is 7.70. The van der Waals surface area contributed by atoms with Crippen molar-refractivity contribution in [2.45, 2.75) is 48.5 Å². The van der Waals surface area contributed by atoms with Crippen molar-refractivity contribution in [2.24, 2.45) is 0 Å². The summed E-state index contributed by atoms with van der Waals surface area (Å²) in [5.41, 5.74) is 0.794. The fraction of sp³-hybridized carbons (Fsp3) is 0.562. The van der Waals surface area contributed by atoms with E-state index in [1.54, 1.807) is 0 Å². The first-order valence-corrected chi connectivity index (χ1v) is 9.20. The van der Waals surface area contributed by atoms with Gasteiger partial charge in [-0.3, -0.25) is 4.79 Å². The summed E-state index contributed by atoms with van der Waals surface area (Å²) in [5, 5.41) is 1.25. The third kappa shape index (κ3) is 3.34. The normalized spacial score (nSPS) is 30.0. The van der Waals surface area contributed by atoms with E-state index in [-0.39, 0.29) is 11.0 Å². The Morgan fingerprint density at radius 3 is 2.75 bits per heavy atom. The molecule has 0 spiro atoms. The highest BCUT2D eigenvalue weighted by molar-refractivity contribution is 8.08. The Balaban J connectivity index is 1.69. The highest BCUT2D eigenvalue weighted by Crippen LogP contribution is 2.37. The Hall–Kier alpha value is -0.610. The molecule has 1 heterocycles. The van der Waals surface area contributed by atoms with Gasteiger partial charge in [0.15, 0.2) is 5.78 Å². The largest absolute Gasteiger partial charge is 0.490 e. The molecule has 0 amide bonds. The molecule has 1 aliphatic carbocycles. The van der Waals surface area contributed by atoms with Gasteiger partial charge < -0.3 is 4.74 Å². The fourth-order valence-corrected chi connectivity index (χ4v) is 5.09. The average molecular weight is 308 g/mol. The lowest BCUT2D eigenvalue weighted by Gasteiger charge is -2.30. The van der Waals surface area contributed by atoms with Gasteiger partial charge in [0.25, 0.3) is 0 Å². The Bertz CT molecular complexity index is 499. The zero-order valence-corrected chi connectivity index (χ0v) is 13.5. The lowest BCUT2D eigenvalue weighted by atomic mass is 10.1. The number of hydrogen-bond donors (Lipinski definition) is 0. The van der Waals surface area contributed by atoms with Gasteiger partial charge in [-0.1, -0.05) is 26.0 Å². The maximum Gasteiger partial charge on any atom is 0.176 e. The van der Waals surface area contributed by atoms with E-state index in [1.807, 2.05) is 47.8 Å². The summed E-state index contributed by atoms with van der Waals surface area (Å²) in [4.78, 5) is 12.6. The van der Waals surface area contributed by atoms with Crippen molar-refractivity contribution in [3.8, 4) is 5.75 Å². The van der Waals surface area contributed by atoms with Gasteiger partial charge in [0, 0.05) is 21.8 Å². The van der Waals surface area contributed by atoms with Crippen LogP contribution >= 0.6 is 23.5 Å². The number of Topliss-reactive ketones (excluding diaryl/α,β-unsaturated/α-hetero) is 1. The van der Waals surface area contributed by atoms with E-state index >= 15 is 0 Å². The van der Waals surface area contributed by atoms with Gasteiger partial charge in [0.2, 0.25) is 0 Å².